The van der Waals surface area contributed by atoms with Crippen molar-refractivity contribution in [2.24, 2.45) is 5.73 Å². The van der Waals surface area contributed by atoms with Gasteiger partial charge in [-0.25, -0.2) is 0 Å². The summed E-state index contributed by atoms with van der Waals surface area (Å²) < 4.78 is 40.9. The van der Waals surface area contributed by atoms with Gasteiger partial charge >= 0.3 is 6.18 Å². The molecule has 1 aromatic rings. The molecule has 1 unspecified atom stereocenters. The van der Waals surface area contributed by atoms with Gasteiger partial charge < -0.3 is 10.5 Å². The molecule has 1 atom stereocenters. The van der Waals surface area contributed by atoms with Crippen LogP contribution in [0.5, 0.6) is 5.75 Å². The molecule has 2 nitrogen and oxygen atoms in total. The van der Waals surface area contributed by atoms with Crippen molar-refractivity contribution >= 4 is 11.6 Å². The molecule has 0 amide bonds. The lowest BCUT2D eigenvalue weighted by atomic mass is 10.1. The van der Waals surface area contributed by atoms with E-state index in [1.54, 1.807) is 25.1 Å². The van der Waals surface area contributed by atoms with E-state index in [1.165, 1.54) is 0 Å². The van der Waals surface area contributed by atoms with E-state index in [0.717, 1.165) is 5.56 Å². The van der Waals surface area contributed by atoms with Gasteiger partial charge in [0.2, 0.25) is 0 Å². The van der Waals surface area contributed by atoms with Crippen LogP contribution in [-0.4, -0.2) is 12.8 Å². The summed E-state index contributed by atoms with van der Waals surface area (Å²) >= 11 is 5.97. The van der Waals surface area contributed by atoms with Crippen molar-refractivity contribution in [3.8, 4) is 5.75 Å². The van der Waals surface area contributed by atoms with Gasteiger partial charge in [-0.15, -0.1) is 0 Å². The molecule has 0 bridgehead atoms. The van der Waals surface area contributed by atoms with Crippen LogP contribution in [0.25, 0.3) is 0 Å². The fourth-order valence-electron chi connectivity index (χ4n) is 1.43. The quantitative estimate of drug-likeness (QED) is 0.825. The van der Waals surface area contributed by atoms with Gasteiger partial charge in [-0.2, -0.15) is 13.2 Å². The third-order valence-corrected chi connectivity index (χ3v) is 2.66. The maximum atomic E-state index is 11.9. The van der Waals surface area contributed by atoms with Gasteiger partial charge in [-0.05, 0) is 31.0 Å². The topological polar surface area (TPSA) is 35.2 Å². The van der Waals surface area contributed by atoms with E-state index in [-0.39, 0.29) is 19.1 Å². The average molecular weight is 282 g/mol. The Labute approximate surface area is 109 Å². The summed E-state index contributed by atoms with van der Waals surface area (Å²) in [7, 11) is 0. The van der Waals surface area contributed by atoms with Crippen molar-refractivity contribution in [2.75, 3.05) is 6.61 Å². The highest BCUT2D eigenvalue weighted by Gasteiger charge is 2.26. The van der Waals surface area contributed by atoms with Crippen LogP contribution in [0.15, 0.2) is 18.2 Å². The van der Waals surface area contributed by atoms with Crippen molar-refractivity contribution in [3.05, 3.63) is 28.8 Å². The maximum absolute atomic E-state index is 11.9. The predicted molar refractivity (Wildman–Crippen MR) is 64.8 cm³/mol. The monoisotopic (exact) mass is 281 g/mol. The summed E-state index contributed by atoms with van der Waals surface area (Å²) in [4.78, 5) is 0. The SMILES string of the molecule is CC(N)c1ccc(OCCCC(F)(F)F)cc1Cl. The number of benzene rings is 1. The minimum atomic E-state index is -4.14. The molecule has 0 aromatic heterocycles. The number of rotatable bonds is 5. The summed E-state index contributed by atoms with van der Waals surface area (Å²) in [6, 6.07) is 4.73. The standard InChI is InChI=1S/C12H15ClF3NO/c1-8(17)10-4-3-9(7-11(10)13)18-6-2-5-12(14,15)16/h3-4,7-8H,2,5-6,17H2,1H3. The van der Waals surface area contributed by atoms with Crippen molar-refractivity contribution in [2.45, 2.75) is 32.0 Å². The zero-order valence-corrected chi connectivity index (χ0v) is 10.7. The zero-order chi connectivity index (χ0) is 13.8. The zero-order valence-electron chi connectivity index (χ0n) is 9.93. The molecule has 0 radical (unpaired) electrons. The number of ether oxygens (including phenoxy) is 1. The Morgan fingerprint density at radius 1 is 1.39 bits per heavy atom. The number of hydrogen-bond donors (Lipinski definition) is 1. The molecule has 0 heterocycles. The Kier molecular flexibility index (Phi) is 5.28. The van der Waals surface area contributed by atoms with Crippen LogP contribution in [0, 0.1) is 0 Å². The first-order chi connectivity index (χ1) is 8.29. The molecule has 0 aliphatic heterocycles. The molecule has 102 valence electrons. The Morgan fingerprint density at radius 2 is 2.06 bits per heavy atom. The lowest BCUT2D eigenvalue weighted by Crippen LogP contribution is -2.10. The summed E-state index contributed by atoms with van der Waals surface area (Å²) in [6.45, 7) is 1.80. The Hall–Kier alpha value is -0.940. The van der Waals surface area contributed by atoms with Crippen molar-refractivity contribution in [1.82, 2.24) is 0 Å². The van der Waals surface area contributed by atoms with Crippen LogP contribution in [0.4, 0.5) is 13.2 Å². The predicted octanol–water partition coefficient (Wildman–Crippen LogP) is 4.08. The molecule has 0 saturated heterocycles. The lowest BCUT2D eigenvalue weighted by Gasteiger charge is -2.11. The van der Waals surface area contributed by atoms with E-state index in [2.05, 4.69) is 0 Å². The van der Waals surface area contributed by atoms with Gasteiger partial charge in [-0.1, -0.05) is 17.7 Å². The Balaban J connectivity index is 2.47. The molecule has 6 heteroatoms. The van der Waals surface area contributed by atoms with Crippen molar-refractivity contribution in [1.29, 1.82) is 0 Å². The van der Waals surface area contributed by atoms with Gasteiger partial charge in [0.15, 0.2) is 0 Å². The molecule has 0 aliphatic rings. The van der Waals surface area contributed by atoms with E-state index in [0.29, 0.717) is 10.8 Å². The largest absolute Gasteiger partial charge is 0.494 e. The van der Waals surface area contributed by atoms with Crippen LogP contribution in [0.3, 0.4) is 0 Å². The first-order valence-corrected chi connectivity index (χ1v) is 5.92. The van der Waals surface area contributed by atoms with Gasteiger partial charge in [0.25, 0.3) is 0 Å². The fraction of sp³-hybridized carbons (Fsp3) is 0.500. The molecule has 1 rings (SSSR count). The summed E-state index contributed by atoms with van der Waals surface area (Å²) in [5.41, 5.74) is 6.46. The minimum absolute atomic E-state index is 0.00731. The van der Waals surface area contributed by atoms with Gasteiger partial charge in [0, 0.05) is 17.5 Å². The first-order valence-electron chi connectivity index (χ1n) is 5.54. The second-order valence-electron chi connectivity index (χ2n) is 4.04. The molecule has 18 heavy (non-hydrogen) atoms. The van der Waals surface area contributed by atoms with Crippen LogP contribution < -0.4 is 10.5 Å². The molecule has 0 aliphatic carbocycles. The highest BCUT2D eigenvalue weighted by Crippen LogP contribution is 2.27. The molecule has 0 saturated carbocycles. The molecule has 2 N–H and O–H groups in total. The molecule has 0 fully saturated rings. The Morgan fingerprint density at radius 3 is 2.56 bits per heavy atom. The van der Waals surface area contributed by atoms with E-state index in [1.807, 2.05) is 0 Å². The third-order valence-electron chi connectivity index (χ3n) is 2.34. The highest BCUT2D eigenvalue weighted by atomic mass is 35.5. The Bertz CT molecular complexity index is 393. The smallest absolute Gasteiger partial charge is 0.389 e. The van der Waals surface area contributed by atoms with Crippen LogP contribution in [0.2, 0.25) is 5.02 Å². The van der Waals surface area contributed by atoms with Crippen molar-refractivity contribution in [3.63, 3.8) is 0 Å². The maximum Gasteiger partial charge on any atom is 0.389 e. The molecule has 1 aromatic carbocycles. The van der Waals surface area contributed by atoms with Gasteiger partial charge in [0.05, 0.1) is 6.61 Å². The lowest BCUT2D eigenvalue weighted by molar-refractivity contribution is -0.136. The summed E-state index contributed by atoms with van der Waals surface area (Å²) in [5, 5.41) is 0.457. The number of alkyl halides is 3. The number of nitrogens with two attached hydrogens (primary N) is 1. The first kappa shape index (κ1) is 15.1. The van der Waals surface area contributed by atoms with Crippen LogP contribution in [-0.2, 0) is 0 Å². The molecular weight excluding hydrogens is 267 g/mol. The minimum Gasteiger partial charge on any atom is -0.494 e. The van der Waals surface area contributed by atoms with E-state index >= 15 is 0 Å². The average Bonchev–Trinajstić information content (AvgIpc) is 2.22. The fourth-order valence-corrected chi connectivity index (χ4v) is 1.77. The number of halogens is 4. The van der Waals surface area contributed by atoms with E-state index in [4.69, 9.17) is 22.1 Å². The van der Waals surface area contributed by atoms with Gasteiger partial charge in [0.1, 0.15) is 5.75 Å². The highest BCUT2D eigenvalue weighted by molar-refractivity contribution is 6.31. The molecular formula is C12H15ClF3NO. The van der Waals surface area contributed by atoms with E-state index < -0.39 is 12.6 Å². The van der Waals surface area contributed by atoms with Crippen LogP contribution in [0.1, 0.15) is 31.4 Å². The summed E-state index contributed by atoms with van der Waals surface area (Å²) in [5.74, 6) is 0.451. The third kappa shape index (κ3) is 5.14. The van der Waals surface area contributed by atoms with Crippen molar-refractivity contribution < 1.29 is 17.9 Å². The van der Waals surface area contributed by atoms with Crippen LogP contribution >= 0.6 is 11.6 Å². The normalized spacial score (nSPS) is 13.4. The van der Waals surface area contributed by atoms with E-state index in [9.17, 15) is 13.2 Å². The number of hydrogen-bond acceptors (Lipinski definition) is 2. The second kappa shape index (κ2) is 6.29. The molecule has 0 spiro atoms. The van der Waals surface area contributed by atoms with Gasteiger partial charge in [-0.3, -0.25) is 0 Å². The summed E-state index contributed by atoms with van der Waals surface area (Å²) in [6.07, 6.45) is -5.06. The second-order valence-corrected chi connectivity index (χ2v) is 4.45.